The van der Waals surface area contributed by atoms with Crippen molar-refractivity contribution in [2.75, 3.05) is 0 Å². The lowest BCUT2D eigenvalue weighted by atomic mass is 9.85. The van der Waals surface area contributed by atoms with E-state index >= 15 is 0 Å². The molecule has 0 aliphatic rings. The molecule has 0 radical (unpaired) electrons. The minimum Gasteiger partial charge on any atom is -0.376 e. The molecule has 0 fully saturated rings. The predicted octanol–water partition coefficient (Wildman–Crippen LogP) is 18.4. The highest BCUT2D eigenvalue weighted by atomic mass is 32.2. The van der Waals surface area contributed by atoms with Crippen LogP contribution in [0.1, 0.15) is 0 Å². The van der Waals surface area contributed by atoms with Crippen LogP contribution in [0.3, 0.4) is 0 Å². The van der Waals surface area contributed by atoms with Crippen molar-refractivity contribution in [1.82, 2.24) is 15.0 Å². The van der Waals surface area contributed by atoms with Crippen molar-refractivity contribution < 1.29 is 25.8 Å². The molecule has 80 heavy (non-hydrogen) atoms. The van der Waals surface area contributed by atoms with E-state index in [9.17, 15) is 21.6 Å². The van der Waals surface area contributed by atoms with E-state index in [1.807, 2.05) is 85.2 Å². The first-order valence-electron chi connectivity index (χ1n) is 25.8. The number of halogens is 3. The summed E-state index contributed by atoms with van der Waals surface area (Å²) in [6, 6.07) is 86.3. The van der Waals surface area contributed by atoms with E-state index < -0.39 is 21.4 Å². The van der Waals surface area contributed by atoms with Gasteiger partial charge in [-0.3, -0.25) is 15.0 Å². The largest absolute Gasteiger partial charge is 0.534 e. The third-order valence-electron chi connectivity index (χ3n) is 14.0. The predicted molar refractivity (Wildman–Crippen MR) is 315 cm³/mol. The molecular weight excluding hydrogens is 1020 g/mol. The fraction of sp³-hybridized carbons (Fsp3) is 0.0143. The summed E-state index contributed by atoms with van der Waals surface area (Å²) in [7, 11) is -5.87. The van der Waals surface area contributed by atoms with Crippen LogP contribution < -0.4 is 4.18 Å². The Kier molecular flexibility index (Phi) is 13.8. The van der Waals surface area contributed by atoms with Gasteiger partial charge in [-0.1, -0.05) is 212 Å². The van der Waals surface area contributed by atoms with Crippen LogP contribution in [0.15, 0.2) is 279 Å². The average molecular weight is 1070 g/mol. The average Bonchev–Trinajstić information content (AvgIpc) is 3.51. The van der Waals surface area contributed by atoms with Crippen molar-refractivity contribution in [3.8, 4) is 129 Å². The summed E-state index contributed by atoms with van der Waals surface area (Å²) in [4.78, 5) is 14.9. The lowest BCUT2D eigenvalue weighted by Crippen LogP contribution is -2.28. The Hall–Kier alpha value is -10.0. The molecule has 3 heterocycles. The van der Waals surface area contributed by atoms with E-state index in [1.54, 1.807) is 18.3 Å². The first kappa shape index (κ1) is 50.8. The molecule has 10 heteroatoms. The molecule has 0 spiro atoms. The highest BCUT2D eigenvalue weighted by Gasteiger charge is 2.48. The minimum absolute atomic E-state index is 0.370. The molecule has 0 atom stereocenters. The maximum absolute atomic E-state index is 13.2. The van der Waals surface area contributed by atoms with E-state index in [0.29, 0.717) is 11.3 Å². The van der Waals surface area contributed by atoms with Gasteiger partial charge in [-0.25, -0.2) is 0 Å². The lowest BCUT2D eigenvalue weighted by Gasteiger charge is -2.20. The van der Waals surface area contributed by atoms with Crippen LogP contribution in [0.2, 0.25) is 0 Å². The van der Waals surface area contributed by atoms with Gasteiger partial charge in [0.15, 0.2) is 0 Å². The fourth-order valence-corrected chi connectivity index (χ4v) is 10.7. The Balaban J connectivity index is 1.03. The topological polar surface area (TPSA) is 82.0 Å². The quantitative estimate of drug-likeness (QED) is 0.0845. The van der Waals surface area contributed by atoms with Crippen LogP contribution in [0.5, 0.6) is 5.75 Å². The second-order valence-corrected chi connectivity index (χ2v) is 20.6. The number of rotatable bonds is 13. The van der Waals surface area contributed by atoms with Crippen molar-refractivity contribution in [2.24, 2.45) is 0 Å². The molecule has 0 bridgehead atoms. The second kappa shape index (κ2) is 21.8. The summed E-state index contributed by atoms with van der Waals surface area (Å²) in [6.45, 7) is 0. The fourth-order valence-electron chi connectivity index (χ4n) is 10.2. The number of benzene rings is 9. The van der Waals surface area contributed by atoms with Gasteiger partial charge in [0, 0.05) is 52.0 Å². The first-order valence-corrected chi connectivity index (χ1v) is 27.2. The summed E-state index contributed by atoms with van der Waals surface area (Å²) in [5.74, 6) is -0.483. The number of pyridine rings is 3. The van der Waals surface area contributed by atoms with Gasteiger partial charge in [0.05, 0.1) is 17.1 Å². The van der Waals surface area contributed by atoms with Crippen molar-refractivity contribution in [3.63, 3.8) is 0 Å². The molecule has 0 unspecified atom stereocenters. The van der Waals surface area contributed by atoms with Crippen LogP contribution in [0.25, 0.3) is 123 Å². The summed E-state index contributed by atoms with van der Waals surface area (Å²) in [5, 5.41) is 0. The van der Waals surface area contributed by atoms with Crippen LogP contribution in [0.4, 0.5) is 13.2 Å². The summed E-state index contributed by atoms with van der Waals surface area (Å²) >= 11 is 0. The van der Waals surface area contributed by atoms with Crippen LogP contribution in [-0.4, -0.2) is 28.9 Å². The monoisotopic (exact) mass is 1070 g/mol. The Bertz CT molecular complexity index is 4130. The van der Waals surface area contributed by atoms with Gasteiger partial charge < -0.3 is 4.18 Å². The van der Waals surface area contributed by atoms with Gasteiger partial charge in [-0.05, 0) is 121 Å². The number of aromatic nitrogens is 3. The zero-order valence-electron chi connectivity index (χ0n) is 42.7. The lowest BCUT2D eigenvalue weighted by molar-refractivity contribution is -0.0500. The molecular formula is C70H46F3N3O3S. The highest BCUT2D eigenvalue weighted by Crippen LogP contribution is 2.46. The molecule has 0 saturated heterocycles. The van der Waals surface area contributed by atoms with Crippen LogP contribution in [-0.2, 0) is 10.1 Å². The van der Waals surface area contributed by atoms with Gasteiger partial charge in [-0.15, -0.1) is 0 Å². The number of nitrogens with zero attached hydrogens (tertiary/aromatic N) is 3. The smallest absolute Gasteiger partial charge is 0.376 e. The SMILES string of the molecule is O=S(=O)(Oc1cccc(-c2ccc(-c3ccccc3-c3cc(-c4ccccc4-c4cnc(-c5ccccc5)cc4-c4ccccc4)cc(-c4ccccc4-c4cnc(-c5ccccc5)cc4-c4ccccc4)c3)cn2)c1)C(F)(F)F. The number of hydrogen-bond donors (Lipinski definition) is 0. The Labute approximate surface area is 462 Å². The third kappa shape index (κ3) is 10.4. The molecule has 0 saturated carbocycles. The number of alkyl halides is 3. The van der Waals surface area contributed by atoms with Gasteiger partial charge in [0.25, 0.3) is 0 Å². The zero-order chi connectivity index (χ0) is 54.6. The highest BCUT2D eigenvalue weighted by molar-refractivity contribution is 7.88. The summed E-state index contributed by atoms with van der Waals surface area (Å²) < 4.78 is 67.9. The van der Waals surface area contributed by atoms with Crippen molar-refractivity contribution in [3.05, 3.63) is 279 Å². The summed E-state index contributed by atoms with van der Waals surface area (Å²) in [5.41, 5.74) is 14.5. The Morgan fingerprint density at radius 1 is 0.275 bits per heavy atom. The second-order valence-electron chi connectivity index (χ2n) is 19.1. The van der Waals surface area contributed by atoms with E-state index in [1.165, 1.54) is 12.1 Å². The van der Waals surface area contributed by atoms with Crippen molar-refractivity contribution in [1.29, 1.82) is 0 Å². The van der Waals surface area contributed by atoms with E-state index in [0.717, 1.165) is 118 Å². The molecule has 0 N–H and O–H groups in total. The third-order valence-corrected chi connectivity index (χ3v) is 15.0. The molecule has 386 valence electrons. The molecule has 6 nitrogen and oxygen atoms in total. The molecule has 3 aromatic heterocycles. The van der Waals surface area contributed by atoms with Gasteiger partial charge >= 0.3 is 15.6 Å². The molecule has 9 aromatic carbocycles. The van der Waals surface area contributed by atoms with Crippen LogP contribution in [0, 0.1) is 0 Å². The van der Waals surface area contributed by atoms with Crippen molar-refractivity contribution >= 4 is 10.1 Å². The standard InChI is InChI=1S/C70H46F3N3O3S/c71-70(72,73)80(77,78)79-56-29-19-28-51(41-56)67-37-36-52(44-74-67)57-30-13-14-31-58(57)53-38-54(59-32-15-17-34-61(59)65-45-75-68(49-24-9-3-10-25-49)42-63(65)47-20-5-1-6-21-47)40-55(39-53)60-33-16-18-35-62(60)66-46-76-69(50-26-11-4-12-27-50)43-64(66)48-22-7-2-8-23-48/h1-46H. The molecule has 12 rings (SSSR count). The van der Waals surface area contributed by atoms with E-state index in [-0.39, 0.29) is 0 Å². The Morgan fingerprint density at radius 2 is 0.637 bits per heavy atom. The number of hydrogen-bond acceptors (Lipinski definition) is 6. The normalized spacial score (nSPS) is 11.5. The van der Waals surface area contributed by atoms with Gasteiger partial charge in [0.1, 0.15) is 5.75 Å². The molecule has 0 aliphatic heterocycles. The summed E-state index contributed by atoms with van der Waals surface area (Å²) in [6.07, 6.45) is 5.68. The molecule has 0 aliphatic carbocycles. The minimum atomic E-state index is -5.87. The van der Waals surface area contributed by atoms with E-state index in [2.05, 4.69) is 162 Å². The van der Waals surface area contributed by atoms with Crippen LogP contribution >= 0.6 is 0 Å². The molecule has 0 amide bonds. The van der Waals surface area contributed by atoms with Gasteiger partial charge in [-0.2, -0.15) is 21.6 Å². The molecule has 12 aromatic rings. The first-order chi connectivity index (χ1) is 39.0. The zero-order valence-corrected chi connectivity index (χ0v) is 43.5. The maximum Gasteiger partial charge on any atom is 0.534 e. The van der Waals surface area contributed by atoms with E-state index in [4.69, 9.17) is 15.0 Å². The van der Waals surface area contributed by atoms with Crippen molar-refractivity contribution in [2.45, 2.75) is 5.51 Å². The maximum atomic E-state index is 13.2. The Morgan fingerprint density at radius 3 is 1.05 bits per heavy atom. The van der Waals surface area contributed by atoms with Gasteiger partial charge in [0.2, 0.25) is 0 Å².